The van der Waals surface area contributed by atoms with Gasteiger partial charge in [0.2, 0.25) is 5.78 Å². The summed E-state index contributed by atoms with van der Waals surface area (Å²) < 4.78 is 5.54. The molecule has 6 nitrogen and oxygen atoms in total. The molecule has 168 valence electrons. The van der Waals surface area contributed by atoms with Gasteiger partial charge in [-0.1, -0.05) is 30.3 Å². The molecule has 2 atom stereocenters. The smallest absolute Gasteiger partial charge is 0.295 e. The largest absolute Gasteiger partial charge is 0.496 e. The lowest BCUT2D eigenvalue weighted by molar-refractivity contribution is -0.135. The zero-order valence-corrected chi connectivity index (χ0v) is 19.1. The Balaban J connectivity index is 1.63. The van der Waals surface area contributed by atoms with Crippen molar-refractivity contribution in [2.24, 2.45) is 5.92 Å². The first-order valence-corrected chi connectivity index (χ1v) is 11.6. The van der Waals surface area contributed by atoms with Gasteiger partial charge in [-0.3, -0.25) is 24.3 Å². The lowest BCUT2D eigenvalue weighted by atomic mass is 9.86. The van der Waals surface area contributed by atoms with Gasteiger partial charge in [0.15, 0.2) is 5.78 Å². The molecule has 3 heterocycles. The van der Waals surface area contributed by atoms with Crippen LogP contribution in [0, 0.1) is 5.92 Å². The highest BCUT2D eigenvalue weighted by Crippen LogP contribution is 2.44. The summed E-state index contributed by atoms with van der Waals surface area (Å²) in [5.41, 5.74) is 3.48. The summed E-state index contributed by atoms with van der Waals surface area (Å²) in [4.78, 5) is 45.5. The van der Waals surface area contributed by atoms with Crippen molar-refractivity contribution in [2.45, 2.75) is 6.04 Å². The van der Waals surface area contributed by atoms with Gasteiger partial charge in [0.05, 0.1) is 13.2 Å². The van der Waals surface area contributed by atoms with E-state index < -0.39 is 29.4 Å². The highest BCUT2D eigenvalue weighted by atomic mass is 32.1. The number of carbonyl (C=O) groups is 3. The van der Waals surface area contributed by atoms with Crippen LogP contribution in [0.3, 0.4) is 0 Å². The third-order valence-corrected chi connectivity index (χ3v) is 6.68. The van der Waals surface area contributed by atoms with E-state index in [0.29, 0.717) is 17.0 Å². The monoisotopic (exact) mass is 468 g/mol. The van der Waals surface area contributed by atoms with E-state index in [4.69, 9.17) is 4.74 Å². The van der Waals surface area contributed by atoms with Crippen LogP contribution in [-0.2, 0) is 9.59 Å². The molecule has 0 spiro atoms. The standard InChI is InChI=1S/C27H20N2O4S/c1-33-22-7-3-2-6-21(22)24-23(25(30)18-5-4-13-28-15-18)26(31)27(32)29(24)20-10-8-17(9-11-20)19-12-14-34-16-19/h2-16,23-24H,1H3. The molecule has 0 aliphatic carbocycles. The predicted molar refractivity (Wildman–Crippen MR) is 130 cm³/mol. The summed E-state index contributed by atoms with van der Waals surface area (Å²) in [6.45, 7) is 0. The van der Waals surface area contributed by atoms with Crippen molar-refractivity contribution in [2.75, 3.05) is 12.0 Å². The molecular formula is C27H20N2O4S. The minimum atomic E-state index is -1.22. The van der Waals surface area contributed by atoms with Crippen LogP contribution in [0.5, 0.6) is 5.75 Å². The van der Waals surface area contributed by atoms with Crippen LogP contribution in [-0.4, -0.2) is 29.6 Å². The lowest BCUT2D eigenvalue weighted by Gasteiger charge is -2.28. The summed E-state index contributed by atoms with van der Waals surface area (Å²) in [5, 5.41) is 4.04. The molecule has 34 heavy (non-hydrogen) atoms. The fourth-order valence-corrected chi connectivity index (χ4v) is 5.04. The number of amides is 1. The van der Waals surface area contributed by atoms with Gasteiger partial charge in [-0.25, -0.2) is 0 Å². The highest BCUT2D eigenvalue weighted by Gasteiger charge is 2.53. The first-order valence-electron chi connectivity index (χ1n) is 10.7. The molecule has 1 aliphatic heterocycles. The number of hydrogen-bond acceptors (Lipinski definition) is 6. The van der Waals surface area contributed by atoms with Crippen LogP contribution in [0.4, 0.5) is 5.69 Å². The van der Waals surface area contributed by atoms with Crippen molar-refractivity contribution in [1.29, 1.82) is 0 Å². The van der Waals surface area contributed by atoms with Crippen molar-refractivity contribution in [1.82, 2.24) is 4.98 Å². The Bertz CT molecular complexity index is 1350. The first kappa shape index (κ1) is 21.7. The molecule has 0 radical (unpaired) electrons. The van der Waals surface area contributed by atoms with Crippen molar-refractivity contribution in [3.63, 3.8) is 0 Å². The van der Waals surface area contributed by atoms with E-state index in [1.807, 2.05) is 29.0 Å². The minimum Gasteiger partial charge on any atom is -0.496 e. The molecule has 0 saturated carbocycles. The van der Waals surface area contributed by atoms with Gasteiger partial charge in [-0.15, -0.1) is 0 Å². The maximum Gasteiger partial charge on any atom is 0.295 e. The average molecular weight is 469 g/mol. The van der Waals surface area contributed by atoms with Gasteiger partial charge >= 0.3 is 0 Å². The minimum absolute atomic E-state index is 0.281. The molecule has 1 fully saturated rings. The van der Waals surface area contributed by atoms with Crippen LogP contribution in [0.2, 0.25) is 0 Å². The molecular weight excluding hydrogens is 448 g/mol. The Morgan fingerprint density at radius 3 is 2.44 bits per heavy atom. The van der Waals surface area contributed by atoms with E-state index in [1.54, 1.807) is 66.1 Å². The number of ether oxygens (including phenoxy) is 1. The normalized spacial score (nSPS) is 17.7. The van der Waals surface area contributed by atoms with Crippen LogP contribution < -0.4 is 9.64 Å². The molecule has 1 amide bonds. The van der Waals surface area contributed by atoms with Gasteiger partial charge < -0.3 is 4.74 Å². The van der Waals surface area contributed by atoms with Gasteiger partial charge in [-0.2, -0.15) is 11.3 Å². The number of carbonyl (C=O) groups excluding carboxylic acids is 3. The summed E-state index contributed by atoms with van der Waals surface area (Å²) in [7, 11) is 1.52. The number of benzene rings is 2. The molecule has 2 unspecified atom stereocenters. The number of aromatic nitrogens is 1. The van der Waals surface area contributed by atoms with Crippen LogP contribution in [0.1, 0.15) is 22.0 Å². The number of ketones is 2. The highest BCUT2D eigenvalue weighted by molar-refractivity contribution is 7.08. The van der Waals surface area contributed by atoms with Crippen LogP contribution in [0.25, 0.3) is 11.1 Å². The molecule has 0 N–H and O–H groups in total. The number of thiophene rings is 1. The SMILES string of the molecule is COc1ccccc1C1C(C(=O)c2cccnc2)C(=O)C(=O)N1c1ccc(-c2ccsc2)cc1. The third-order valence-electron chi connectivity index (χ3n) is 5.99. The maximum atomic E-state index is 13.5. The van der Waals surface area contributed by atoms with E-state index in [9.17, 15) is 14.4 Å². The zero-order chi connectivity index (χ0) is 23.7. The Morgan fingerprint density at radius 1 is 0.971 bits per heavy atom. The van der Waals surface area contributed by atoms with Crippen molar-refractivity contribution >= 4 is 34.5 Å². The predicted octanol–water partition coefficient (Wildman–Crippen LogP) is 4.97. The van der Waals surface area contributed by atoms with E-state index in [1.165, 1.54) is 18.2 Å². The van der Waals surface area contributed by atoms with Crippen molar-refractivity contribution < 1.29 is 19.1 Å². The summed E-state index contributed by atoms with van der Waals surface area (Å²) >= 11 is 1.60. The van der Waals surface area contributed by atoms with E-state index in [0.717, 1.165) is 11.1 Å². The van der Waals surface area contributed by atoms with Gasteiger partial charge in [-0.05, 0) is 58.3 Å². The number of hydrogen-bond donors (Lipinski definition) is 0. The number of anilines is 1. The van der Waals surface area contributed by atoms with Crippen molar-refractivity contribution in [3.8, 4) is 16.9 Å². The Morgan fingerprint density at radius 2 is 1.76 bits per heavy atom. The van der Waals surface area contributed by atoms with Crippen molar-refractivity contribution in [3.05, 3.63) is 101 Å². The number of para-hydroxylation sites is 1. The zero-order valence-electron chi connectivity index (χ0n) is 18.3. The molecule has 7 heteroatoms. The van der Waals surface area contributed by atoms with Crippen LogP contribution >= 0.6 is 11.3 Å². The Kier molecular flexibility index (Phi) is 5.77. The molecule has 2 aromatic carbocycles. The van der Waals surface area contributed by atoms with Crippen LogP contribution in [0.15, 0.2) is 89.9 Å². The Hall–Kier alpha value is -4.10. The maximum absolute atomic E-state index is 13.5. The number of methoxy groups -OCH3 is 1. The Labute approximate surface area is 200 Å². The number of rotatable bonds is 6. The van der Waals surface area contributed by atoms with E-state index in [-0.39, 0.29) is 5.56 Å². The molecule has 1 aliphatic rings. The van der Waals surface area contributed by atoms with Gasteiger partial charge in [0.1, 0.15) is 11.7 Å². The average Bonchev–Trinajstić information content (AvgIpc) is 3.51. The quantitative estimate of drug-likeness (QED) is 0.227. The molecule has 1 saturated heterocycles. The number of Topliss-reactive ketones (excluding diaryl/α,β-unsaturated/α-hetero) is 2. The van der Waals surface area contributed by atoms with Gasteiger partial charge in [0.25, 0.3) is 5.91 Å². The number of nitrogens with zero attached hydrogens (tertiary/aromatic N) is 2. The van der Waals surface area contributed by atoms with Gasteiger partial charge in [0, 0.05) is 29.2 Å². The topological polar surface area (TPSA) is 76.6 Å². The third kappa shape index (κ3) is 3.70. The lowest BCUT2D eigenvalue weighted by Crippen LogP contribution is -2.31. The fraction of sp³-hybridized carbons (Fsp3) is 0.111. The second-order valence-corrected chi connectivity index (χ2v) is 8.65. The summed E-state index contributed by atoms with van der Waals surface area (Å²) in [6, 6.07) is 19.0. The fourth-order valence-electron chi connectivity index (χ4n) is 4.37. The summed E-state index contributed by atoms with van der Waals surface area (Å²) in [5.74, 6) is -2.63. The summed E-state index contributed by atoms with van der Waals surface area (Å²) in [6.07, 6.45) is 2.97. The molecule has 4 aromatic rings. The molecule has 2 aromatic heterocycles. The van der Waals surface area contributed by atoms with E-state index >= 15 is 0 Å². The first-order chi connectivity index (χ1) is 16.6. The van der Waals surface area contributed by atoms with E-state index in [2.05, 4.69) is 4.98 Å². The number of pyridine rings is 1. The molecule has 5 rings (SSSR count). The molecule has 0 bridgehead atoms. The second kappa shape index (κ2) is 9.03. The second-order valence-electron chi connectivity index (χ2n) is 7.87.